The van der Waals surface area contributed by atoms with Crippen LogP contribution in [0.3, 0.4) is 0 Å². The quantitative estimate of drug-likeness (QED) is 0.822. The lowest BCUT2D eigenvalue weighted by atomic mass is 10.1. The molecule has 0 radical (unpaired) electrons. The topological polar surface area (TPSA) is 29.9 Å². The number of aromatic nitrogens is 2. The van der Waals surface area contributed by atoms with Crippen LogP contribution in [0.4, 0.5) is 0 Å². The average molecular weight is 201 g/mol. The van der Waals surface area contributed by atoms with Gasteiger partial charge in [0, 0.05) is 18.9 Å². The molecule has 0 bridgehead atoms. The van der Waals surface area contributed by atoms with Crippen molar-refractivity contribution in [2.24, 2.45) is 0 Å². The smallest absolute Gasteiger partial charge is 0.0677 e. The van der Waals surface area contributed by atoms with Crippen molar-refractivity contribution in [3.8, 4) is 5.69 Å². The predicted octanol–water partition coefficient (Wildman–Crippen LogP) is 1.90. The Morgan fingerprint density at radius 1 is 1.40 bits per heavy atom. The summed E-state index contributed by atoms with van der Waals surface area (Å²) < 4.78 is 1.90. The van der Waals surface area contributed by atoms with Gasteiger partial charge in [-0.05, 0) is 37.2 Å². The van der Waals surface area contributed by atoms with Crippen molar-refractivity contribution in [2.45, 2.75) is 13.5 Å². The number of hydrogen-bond acceptors (Lipinski definition) is 2. The average Bonchev–Trinajstić information content (AvgIpc) is 2.74. The molecule has 1 N–H and O–H groups in total. The lowest BCUT2D eigenvalue weighted by molar-refractivity contribution is 0.809. The first kappa shape index (κ1) is 9.93. The highest BCUT2D eigenvalue weighted by molar-refractivity contribution is 5.42. The van der Waals surface area contributed by atoms with Crippen LogP contribution in [0.5, 0.6) is 0 Å². The van der Waals surface area contributed by atoms with Crippen LogP contribution in [0.2, 0.25) is 0 Å². The summed E-state index contributed by atoms with van der Waals surface area (Å²) in [4.78, 5) is 0. The minimum Gasteiger partial charge on any atom is -0.316 e. The maximum atomic E-state index is 4.24. The lowest BCUT2D eigenvalue weighted by Gasteiger charge is -2.08. The van der Waals surface area contributed by atoms with Gasteiger partial charge in [-0.25, -0.2) is 4.68 Å². The highest BCUT2D eigenvalue weighted by Gasteiger charge is 2.02. The summed E-state index contributed by atoms with van der Waals surface area (Å²) in [7, 11) is 1.95. The maximum absolute atomic E-state index is 4.24. The maximum Gasteiger partial charge on any atom is 0.0677 e. The summed E-state index contributed by atoms with van der Waals surface area (Å²) in [5, 5.41) is 7.39. The highest BCUT2D eigenvalue weighted by Crippen LogP contribution is 2.15. The molecule has 15 heavy (non-hydrogen) atoms. The Labute approximate surface area is 89.7 Å². The number of hydrogen-bond donors (Lipinski definition) is 1. The molecule has 0 saturated heterocycles. The van der Waals surface area contributed by atoms with Crippen LogP contribution < -0.4 is 5.32 Å². The van der Waals surface area contributed by atoms with Gasteiger partial charge in [-0.1, -0.05) is 12.1 Å². The van der Waals surface area contributed by atoms with Crippen LogP contribution in [0.25, 0.3) is 5.69 Å². The van der Waals surface area contributed by atoms with E-state index in [1.165, 1.54) is 11.1 Å². The molecule has 0 aliphatic rings. The van der Waals surface area contributed by atoms with Crippen molar-refractivity contribution in [3.05, 3.63) is 47.8 Å². The fourth-order valence-electron chi connectivity index (χ4n) is 1.63. The summed E-state index contributed by atoms with van der Waals surface area (Å²) in [6, 6.07) is 8.37. The third-order valence-electron chi connectivity index (χ3n) is 2.41. The second kappa shape index (κ2) is 4.28. The minimum absolute atomic E-state index is 0.883. The zero-order valence-electron chi connectivity index (χ0n) is 9.07. The molecule has 1 heterocycles. The van der Waals surface area contributed by atoms with Crippen molar-refractivity contribution < 1.29 is 0 Å². The fraction of sp³-hybridized carbons (Fsp3) is 0.250. The van der Waals surface area contributed by atoms with Crippen LogP contribution in [-0.2, 0) is 6.54 Å². The van der Waals surface area contributed by atoms with Gasteiger partial charge in [0.15, 0.2) is 0 Å². The van der Waals surface area contributed by atoms with E-state index in [-0.39, 0.29) is 0 Å². The molecule has 0 atom stereocenters. The zero-order valence-corrected chi connectivity index (χ0v) is 9.07. The Hall–Kier alpha value is -1.61. The monoisotopic (exact) mass is 201 g/mol. The fourth-order valence-corrected chi connectivity index (χ4v) is 1.63. The number of benzene rings is 1. The highest BCUT2D eigenvalue weighted by atomic mass is 15.3. The molecule has 3 nitrogen and oxygen atoms in total. The van der Waals surface area contributed by atoms with E-state index in [9.17, 15) is 0 Å². The molecule has 1 aromatic carbocycles. The Balaban J connectivity index is 2.41. The van der Waals surface area contributed by atoms with Crippen molar-refractivity contribution in [1.29, 1.82) is 0 Å². The number of nitrogens with one attached hydrogen (secondary N) is 1. The summed E-state index contributed by atoms with van der Waals surface area (Å²) in [5.41, 5.74) is 3.65. The SMILES string of the molecule is CNCc1ccc(C)c(-n2cccn2)c1. The first-order valence-corrected chi connectivity index (χ1v) is 5.05. The Bertz CT molecular complexity index is 432. The molecule has 0 spiro atoms. The lowest BCUT2D eigenvalue weighted by Crippen LogP contribution is -2.06. The number of nitrogens with zero attached hydrogens (tertiary/aromatic N) is 2. The van der Waals surface area contributed by atoms with Crippen molar-refractivity contribution in [2.75, 3.05) is 7.05 Å². The van der Waals surface area contributed by atoms with E-state index in [1.54, 1.807) is 6.20 Å². The van der Waals surface area contributed by atoms with Crippen molar-refractivity contribution in [1.82, 2.24) is 15.1 Å². The molecule has 1 aromatic heterocycles. The minimum atomic E-state index is 0.883. The molecule has 2 rings (SSSR count). The van der Waals surface area contributed by atoms with E-state index in [2.05, 4.69) is 35.5 Å². The van der Waals surface area contributed by atoms with Gasteiger partial charge in [0.25, 0.3) is 0 Å². The second-order valence-corrected chi connectivity index (χ2v) is 3.60. The predicted molar refractivity (Wildman–Crippen MR) is 61.1 cm³/mol. The van der Waals surface area contributed by atoms with E-state index in [4.69, 9.17) is 0 Å². The summed E-state index contributed by atoms with van der Waals surface area (Å²) in [5.74, 6) is 0. The van der Waals surface area contributed by atoms with E-state index in [1.807, 2.05) is 24.0 Å². The Kier molecular flexibility index (Phi) is 2.83. The van der Waals surface area contributed by atoms with Gasteiger partial charge in [0.2, 0.25) is 0 Å². The molecule has 0 aliphatic carbocycles. The molecule has 0 amide bonds. The molecule has 2 aromatic rings. The van der Waals surface area contributed by atoms with Crippen molar-refractivity contribution in [3.63, 3.8) is 0 Å². The molecule has 0 fully saturated rings. The molecule has 0 unspecified atom stereocenters. The standard InChI is InChI=1S/C12H15N3/c1-10-4-5-11(9-13-2)8-12(10)15-7-3-6-14-15/h3-8,13H,9H2,1-2H3. The van der Waals surface area contributed by atoms with Crippen molar-refractivity contribution >= 4 is 0 Å². The van der Waals surface area contributed by atoms with E-state index in [0.717, 1.165) is 12.2 Å². The van der Waals surface area contributed by atoms with Crippen LogP contribution in [0.1, 0.15) is 11.1 Å². The van der Waals surface area contributed by atoms with Crippen LogP contribution in [0.15, 0.2) is 36.7 Å². The molecular formula is C12H15N3. The molecule has 0 aliphatic heterocycles. The van der Waals surface area contributed by atoms with Crippen LogP contribution >= 0.6 is 0 Å². The molecule has 78 valence electrons. The van der Waals surface area contributed by atoms with Gasteiger partial charge in [0.05, 0.1) is 5.69 Å². The van der Waals surface area contributed by atoms with E-state index in [0.29, 0.717) is 0 Å². The largest absolute Gasteiger partial charge is 0.316 e. The van der Waals surface area contributed by atoms with Gasteiger partial charge >= 0.3 is 0 Å². The van der Waals surface area contributed by atoms with Gasteiger partial charge in [-0.3, -0.25) is 0 Å². The first-order valence-electron chi connectivity index (χ1n) is 5.05. The van der Waals surface area contributed by atoms with Gasteiger partial charge in [-0.15, -0.1) is 0 Å². The zero-order chi connectivity index (χ0) is 10.7. The van der Waals surface area contributed by atoms with Gasteiger partial charge in [0.1, 0.15) is 0 Å². The van der Waals surface area contributed by atoms with Crippen LogP contribution in [-0.4, -0.2) is 16.8 Å². The summed E-state index contributed by atoms with van der Waals surface area (Å²) in [6.45, 7) is 2.98. The molecule has 0 saturated carbocycles. The van der Waals surface area contributed by atoms with Gasteiger partial charge < -0.3 is 5.32 Å². The normalized spacial score (nSPS) is 10.5. The summed E-state index contributed by atoms with van der Waals surface area (Å²) >= 11 is 0. The van der Waals surface area contributed by atoms with E-state index >= 15 is 0 Å². The number of rotatable bonds is 3. The van der Waals surface area contributed by atoms with Crippen LogP contribution in [0, 0.1) is 6.92 Å². The third kappa shape index (κ3) is 2.07. The van der Waals surface area contributed by atoms with Gasteiger partial charge in [-0.2, -0.15) is 5.10 Å². The third-order valence-corrected chi connectivity index (χ3v) is 2.41. The molecular weight excluding hydrogens is 186 g/mol. The first-order chi connectivity index (χ1) is 7.31. The Morgan fingerprint density at radius 2 is 2.27 bits per heavy atom. The van der Waals surface area contributed by atoms with E-state index < -0.39 is 0 Å². The number of aryl methyl sites for hydroxylation is 1. The summed E-state index contributed by atoms with van der Waals surface area (Å²) in [6.07, 6.45) is 3.76. The second-order valence-electron chi connectivity index (χ2n) is 3.60. The molecule has 3 heteroatoms. The Morgan fingerprint density at radius 3 is 2.93 bits per heavy atom.